The van der Waals surface area contributed by atoms with Crippen LogP contribution in [0.15, 0.2) is 73.3 Å². The zero-order chi connectivity index (χ0) is 57.5. The number of imidazole rings is 2. The molecule has 0 radical (unpaired) electrons. The molecule has 0 saturated carbocycles. The summed E-state index contributed by atoms with van der Waals surface area (Å²) >= 11 is 0. The Kier molecular flexibility index (Phi) is 15.9. The van der Waals surface area contributed by atoms with Gasteiger partial charge in [-0.15, -0.1) is 0 Å². The SMILES string of the molecule is COC(=O)N1CC[C@]2(CN(Cc3ccc(Nc4ncc(F)c(-c5cc(F)c6nc(C)n(C(C)C)c6c5)n4)nc3)CCO2)C1.Cc1nc2c(F)cc(-c3nc(Nc4ccc(CN5CCO[C@@]6(CCNC6)C5)cn4)ncc3F)cc2n1C(C)C. The van der Waals surface area contributed by atoms with E-state index in [0.29, 0.717) is 78.2 Å². The number of fused-ring (bicyclic) bond motifs is 2. The van der Waals surface area contributed by atoms with Gasteiger partial charge in [-0.25, -0.2) is 62.2 Å². The second-order valence-electron chi connectivity index (χ2n) is 22.1. The van der Waals surface area contributed by atoms with Crippen molar-refractivity contribution in [3.8, 4) is 22.5 Å². The van der Waals surface area contributed by atoms with Crippen LogP contribution in [-0.4, -0.2) is 154 Å². The summed E-state index contributed by atoms with van der Waals surface area (Å²) in [6.07, 6.45) is 7.20. The third-order valence-corrected chi connectivity index (χ3v) is 15.5. The van der Waals surface area contributed by atoms with Crippen molar-refractivity contribution >= 4 is 51.7 Å². The number of ether oxygens (including phenoxy) is 3. The molecule has 0 unspecified atom stereocenters. The fourth-order valence-electron chi connectivity index (χ4n) is 11.8. The fraction of sp³-hybridized carbons (Fsp3) is 0.431. The summed E-state index contributed by atoms with van der Waals surface area (Å²) in [6.45, 7) is 20.7. The van der Waals surface area contributed by atoms with E-state index in [-0.39, 0.29) is 63.7 Å². The van der Waals surface area contributed by atoms with Crippen LogP contribution in [0.2, 0.25) is 0 Å². The second kappa shape index (κ2) is 23.2. The lowest BCUT2D eigenvalue weighted by Gasteiger charge is -2.40. The number of hydrogen-bond donors (Lipinski definition) is 3. The van der Waals surface area contributed by atoms with Gasteiger partial charge in [-0.1, -0.05) is 12.1 Å². The summed E-state index contributed by atoms with van der Waals surface area (Å²) in [7, 11) is 1.39. The first-order valence-corrected chi connectivity index (χ1v) is 27.6. The van der Waals surface area contributed by atoms with Gasteiger partial charge in [0, 0.05) is 88.0 Å². The molecular weight excluding hydrogens is 1060 g/mol. The molecule has 3 N–H and O–H groups in total. The van der Waals surface area contributed by atoms with Crippen LogP contribution in [0.1, 0.15) is 75.4 Å². The first-order chi connectivity index (χ1) is 39.4. The average Bonchev–Trinajstić information content (AvgIpc) is 4.43. The minimum atomic E-state index is -0.666. The Morgan fingerprint density at radius 2 is 1.13 bits per heavy atom. The molecule has 4 aliphatic heterocycles. The highest BCUT2D eigenvalue weighted by atomic mass is 19.1. The molecule has 24 heteroatoms. The number of morpholine rings is 2. The number of nitrogens with zero attached hydrogens (tertiary/aromatic N) is 13. The Morgan fingerprint density at radius 3 is 1.59 bits per heavy atom. The maximum absolute atomic E-state index is 15.0. The summed E-state index contributed by atoms with van der Waals surface area (Å²) in [4.78, 5) is 52.9. The monoisotopic (exact) mass is 1130 g/mol. The van der Waals surface area contributed by atoms with Crippen LogP contribution in [0.4, 0.5) is 45.9 Å². The molecule has 4 aliphatic rings. The van der Waals surface area contributed by atoms with Crippen LogP contribution in [0, 0.1) is 37.1 Å². The molecule has 430 valence electrons. The van der Waals surface area contributed by atoms with Gasteiger partial charge >= 0.3 is 6.09 Å². The molecule has 2 aromatic carbocycles. The van der Waals surface area contributed by atoms with Crippen LogP contribution in [0.3, 0.4) is 0 Å². The van der Waals surface area contributed by atoms with Crippen molar-refractivity contribution in [3.63, 3.8) is 0 Å². The van der Waals surface area contributed by atoms with E-state index in [1.54, 1.807) is 23.2 Å². The largest absolute Gasteiger partial charge is 0.453 e. The van der Waals surface area contributed by atoms with Crippen LogP contribution in [0.5, 0.6) is 0 Å². The number of aryl methyl sites for hydroxylation is 2. The van der Waals surface area contributed by atoms with Gasteiger partial charge in [0.15, 0.2) is 23.3 Å². The highest BCUT2D eigenvalue weighted by Gasteiger charge is 2.45. The summed E-state index contributed by atoms with van der Waals surface area (Å²) in [6, 6.07) is 13.7. The molecule has 0 aliphatic carbocycles. The van der Waals surface area contributed by atoms with Crippen molar-refractivity contribution in [1.82, 2.24) is 69.0 Å². The normalized spacial score (nSPS) is 19.5. The number of nitrogens with one attached hydrogen (secondary N) is 3. The van der Waals surface area contributed by atoms with E-state index in [1.165, 1.54) is 19.2 Å². The Morgan fingerprint density at radius 1 is 0.634 bits per heavy atom. The maximum Gasteiger partial charge on any atom is 0.409 e. The average molecular weight is 1130 g/mol. The molecule has 82 heavy (non-hydrogen) atoms. The Bertz CT molecular complexity index is 3630. The fourth-order valence-corrected chi connectivity index (χ4v) is 11.8. The number of carbonyl (C=O) groups is 1. The summed E-state index contributed by atoms with van der Waals surface area (Å²) in [5, 5.41) is 9.47. The molecule has 4 saturated heterocycles. The Hall–Kier alpha value is -7.77. The summed E-state index contributed by atoms with van der Waals surface area (Å²) in [5.41, 5.74) is 3.88. The number of aromatic nitrogens is 10. The van der Waals surface area contributed by atoms with Crippen molar-refractivity contribution < 1.29 is 36.6 Å². The number of hydrogen-bond acceptors (Lipinski definition) is 17. The number of benzene rings is 2. The number of pyridine rings is 2. The van der Waals surface area contributed by atoms with Gasteiger partial charge in [-0.3, -0.25) is 9.80 Å². The van der Waals surface area contributed by atoms with Gasteiger partial charge in [0.2, 0.25) is 11.9 Å². The Balaban J connectivity index is 0.000000173. The van der Waals surface area contributed by atoms with E-state index in [2.05, 4.69) is 65.6 Å². The molecule has 10 heterocycles. The van der Waals surface area contributed by atoms with Gasteiger partial charge < -0.3 is 44.2 Å². The molecule has 2 atom stereocenters. The molecule has 2 spiro atoms. The number of halogens is 4. The quantitative estimate of drug-likeness (QED) is 0.0976. The maximum atomic E-state index is 15.0. The predicted molar refractivity (Wildman–Crippen MR) is 301 cm³/mol. The highest BCUT2D eigenvalue weighted by molar-refractivity contribution is 5.84. The zero-order valence-electron chi connectivity index (χ0n) is 46.9. The number of carbonyl (C=O) groups excluding carboxylic acids is 1. The molecule has 8 aromatic rings. The van der Waals surface area contributed by atoms with E-state index in [4.69, 9.17) is 14.2 Å². The number of anilines is 4. The van der Waals surface area contributed by atoms with E-state index < -0.39 is 23.3 Å². The standard InChI is InChI=1S/C30H34F2N8O3.C28H32F2N8O/c1-18(2)40-19(3)35-27-22(31)11-21(12-24(27)40)26-23(32)14-34-28(37-26)36-25-6-5-20(13-33-25)15-38-9-10-43-30(16-38)7-8-39(17-30)29(41)42-4;1-17(2)38-18(3)34-26-21(29)10-20(11-23(26)38)25-22(30)13-33-27(36-25)35-24-5-4-19(12-32-24)14-37-8-9-39-28(16-37)6-7-31-15-28/h5-6,11-14,18H,7-10,15-17H2,1-4H3,(H,33,34,36,37);4-5,10-13,17,31H,6-9,14-16H2,1-3H3,(H,32,33,35,36)/t30-;28-/m01/s1. The van der Waals surface area contributed by atoms with E-state index in [9.17, 15) is 18.0 Å². The molecule has 12 rings (SSSR count). The highest BCUT2D eigenvalue weighted by Crippen LogP contribution is 2.34. The lowest BCUT2D eigenvalue weighted by molar-refractivity contribution is -0.102. The van der Waals surface area contributed by atoms with Crippen molar-refractivity contribution in [2.24, 2.45) is 0 Å². The lowest BCUT2D eigenvalue weighted by Crippen LogP contribution is -2.53. The van der Waals surface area contributed by atoms with Crippen molar-refractivity contribution in [2.75, 3.05) is 83.3 Å². The zero-order valence-corrected chi connectivity index (χ0v) is 46.9. The van der Waals surface area contributed by atoms with Gasteiger partial charge in [0.1, 0.15) is 51.3 Å². The van der Waals surface area contributed by atoms with Gasteiger partial charge in [0.25, 0.3) is 0 Å². The van der Waals surface area contributed by atoms with Crippen molar-refractivity contribution in [2.45, 2.75) is 90.8 Å². The van der Waals surface area contributed by atoms with Gasteiger partial charge in [-0.05, 0) is 108 Å². The molecule has 4 fully saturated rings. The second-order valence-corrected chi connectivity index (χ2v) is 22.1. The van der Waals surface area contributed by atoms with Gasteiger partial charge in [-0.2, -0.15) is 0 Å². The summed E-state index contributed by atoms with van der Waals surface area (Å²) < 4.78 is 80.7. The van der Waals surface area contributed by atoms with E-state index in [1.807, 2.05) is 81.1 Å². The molecule has 0 bridgehead atoms. The number of likely N-dealkylation sites (tertiary alicyclic amines) is 1. The molecular formula is C58H66F4N16O4. The summed E-state index contributed by atoms with van der Waals surface area (Å²) in [5.74, 6) is 0.324. The van der Waals surface area contributed by atoms with Gasteiger partial charge in [0.05, 0.1) is 55.9 Å². The minimum absolute atomic E-state index is 0.00160. The van der Waals surface area contributed by atoms with Crippen LogP contribution >= 0.6 is 0 Å². The van der Waals surface area contributed by atoms with Crippen LogP contribution < -0.4 is 16.0 Å². The first kappa shape index (κ1) is 56.1. The number of amides is 1. The van der Waals surface area contributed by atoms with Crippen molar-refractivity contribution in [1.29, 1.82) is 0 Å². The number of rotatable bonds is 12. The van der Waals surface area contributed by atoms with Crippen molar-refractivity contribution in [3.05, 3.63) is 119 Å². The number of methoxy groups -OCH3 is 1. The first-order valence-electron chi connectivity index (χ1n) is 27.6. The predicted octanol–water partition coefficient (Wildman–Crippen LogP) is 9.21. The third kappa shape index (κ3) is 11.8. The molecule has 1 amide bonds. The topological polar surface area (TPSA) is 204 Å². The molecule has 6 aromatic heterocycles. The Labute approximate surface area is 471 Å². The minimum Gasteiger partial charge on any atom is -0.453 e. The van der Waals surface area contributed by atoms with Crippen LogP contribution in [-0.2, 0) is 27.3 Å². The van der Waals surface area contributed by atoms with E-state index >= 15 is 4.39 Å². The van der Waals surface area contributed by atoms with Crippen LogP contribution in [0.25, 0.3) is 44.6 Å². The lowest BCUT2D eigenvalue weighted by atomic mass is 10.0. The third-order valence-electron chi connectivity index (χ3n) is 15.5. The smallest absolute Gasteiger partial charge is 0.409 e. The van der Waals surface area contributed by atoms with E-state index in [0.717, 1.165) is 82.2 Å². The molecule has 20 nitrogen and oxygen atoms in total.